The van der Waals surface area contributed by atoms with E-state index in [0.29, 0.717) is 5.56 Å². The van der Waals surface area contributed by atoms with Crippen LogP contribution in [0.2, 0.25) is 0 Å². The fourth-order valence-corrected chi connectivity index (χ4v) is 3.62. The van der Waals surface area contributed by atoms with Crippen molar-refractivity contribution >= 4 is 5.82 Å². The SMILES string of the molecule is N#Cc1ccnc(N2CC3CN(C4CC4)CC3C2)c1. The van der Waals surface area contributed by atoms with Crippen molar-refractivity contribution in [2.24, 2.45) is 11.8 Å². The number of anilines is 1. The van der Waals surface area contributed by atoms with E-state index in [1.807, 2.05) is 6.07 Å². The van der Waals surface area contributed by atoms with Gasteiger partial charge in [0.1, 0.15) is 5.82 Å². The summed E-state index contributed by atoms with van der Waals surface area (Å²) in [7, 11) is 0. The summed E-state index contributed by atoms with van der Waals surface area (Å²) in [6, 6.07) is 6.79. The second kappa shape index (κ2) is 4.21. The zero-order chi connectivity index (χ0) is 12.8. The predicted octanol–water partition coefficient (Wildman–Crippen LogP) is 1.48. The molecule has 19 heavy (non-hydrogen) atoms. The van der Waals surface area contributed by atoms with Crippen LogP contribution in [0.15, 0.2) is 18.3 Å². The summed E-state index contributed by atoms with van der Waals surface area (Å²) < 4.78 is 0. The summed E-state index contributed by atoms with van der Waals surface area (Å²) in [6.45, 7) is 4.75. The molecule has 0 amide bonds. The molecule has 0 bridgehead atoms. The summed E-state index contributed by atoms with van der Waals surface area (Å²) in [5.41, 5.74) is 0.710. The van der Waals surface area contributed by atoms with E-state index in [4.69, 9.17) is 5.26 Å². The lowest BCUT2D eigenvalue weighted by molar-refractivity contribution is 0.306. The highest BCUT2D eigenvalue weighted by Gasteiger charge is 2.44. The first kappa shape index (κ1) is 11.2. The summed E-state index contributed by atoms with van der Waals surface area (Å²) in [6.07, 6.45) is 4.57. The van der Waals surface area contributed by atoms with Crippen molar-refractivity contribution in [1.82, 2.24) is 9.88 Å². The zero-order valence-electron chi connectivity index (χ0n) is 11.0. The third kappa shape index (κ3) is 1.98. The molecule has 4 rings (SSSR count). The van der Waals surface area contributed by atoms with Gasteiger partial charge in [-0.15, -0.1) is 0 Å². The molecule has 0 radical (unpaired) electrons. The van der Waals surface area contributed by atoms with Crippen molar-refractivity contribution in [2.75, 3.05) is 31.1 Å². The van der Waals surface area contributed by atoms with Crippen molar-refractivity contribution < 1.29 is 0 Å². The van der Waals surface area contributed by atoms with Gasteiger partial charge in [-0.3, -0.25) is 4.90 Å². The largest absolute Gasteiger partial charge is 0.356 e. The third-order valence-corrected chi connectivity index (χ3v) is 4.78. The normalized spacial score (nSPS) is 30.4. The van der Waals surface area contributed by atoms with E-state index in [1.165, 1.54) is 25.9 Å². The number of nitriles is 1. The first-order valence-electron chi connectivity index (χ1n) is 7.18. The molecule has 98 valence electrons. The first-order chi connectivity index (χ1) is 9.33. The molecule has 0 aromatic carbocycles. The molecule has 3 heterocycles. The summed E-state index contributed by atoms with van der Waals surface area (Å²) >= 11 is 0. The highest BCUT2D eigenvalue weighted by atomic mass is 15.3. The van der Waals surface area contributed by atoms with Crippen LogP contribution in [0, 0.1) is 23.2 Å². The molecule has 4 heteroatoms. The Balaban J connectivity index is 1.47. The standard InChI is InChI=1S/C15H18N4/c16-6-11-3-4-17-15(5-11)19-9-12-7-18(14-1-2-14)8-13(12)10-19/h3-5,12-14H,1-2,7-10H2. The molecule has 1 aliphatic carbocycles. The number of nitrogens with zero attached hydrogens (tertiary/aromatic N) is 4. The Kier molecular flexibility index (Phi) is 2.49. The first-order valence-corrected chi connectivity index (χ1v) is 7.18. The van der Waals surface area contributed by atoms with Crippen LogP contribution in [0.1, 0.15) is 18.4 Å². The Labute approximate surface area is 113 Å². The molecule has 2 saturated heterocycles. The lowest BCUT2D eigenvalue weighted by Gasteiger charge is -2.22. The van der Waals surface area contributed by atoms with Crippen LogP contribution in [-0.4, -0.2) is 42.1 Å². The topological polar surface area (TPSA) is 43.2 Å². The van der Waals surface area contributed by atoms with Gasteiger partial charge in [-0.1, -0.05) is 0 Å². The van der Waals surface area contributed by atoms with E-state index in [0.717, 1.165) is 36.8 Å². The van der Waals surface area contributed by atoms with Crippen LogP contribution in [0.5, 0.6) is 0 Å². The van der Waals surface area contributed by atoms with Gasteiger partial charge in [0.2, 0.25) is 0 Å². The molecular formula is C15H18N4. The predicted molar refractivity (Wildman–Crippen MR) is 72.7 cm³/mol. The van der Waals surface area contributed by atoms with Crippen LogP contribution in [-0.2, 0) is 0 Å². The monoisotopic (exact) mass is 254 g/mol. The van der Waals surface area contributed by atoms with Gasteiger partial charge in [0, 0.05) is 38.4 Å². The van der Waals surface area contributed by atoms with E-state index >= 15 is 0 Å². The van der Waals surface area contributed by atoms with Gasteiger partial charge in [0.05, 0.1) is 11.6 Å². The molecule has 1 aromatic rings. The highest BCUT2D eigenvalue weighted by Crippen LogP contribution is 2.38. The van der Waals surface area contributed by atoms with Crippen molar-refractivity contribution in [1.29, 1.82) is 5.26 Å². The number of hydrogen-bond donors (Lipinski definition) is 0. The zero-order valence-corrected chi connectivity index (χ0v) is 11.0. The van der Waals surface area contributed by atoms with Crippen LogP contribution < -0.4 is 4.90 Å². The van der Waals surface area contributed by atoms with Crippen LogP contribution >= 0.6 is 0 Å². The van der Waals surface area contributed by atoms with Crippen LogP contribution in [0.25, 0.3) is 0 Å². The number of aromatic nitrogens is 1. The Hall–Kier alpha value is -1.60. The summed E-state index contributed by atoms with van der Waals surface area (Å²) in [5.74, 6) is 2.58. The lowest BCUT2D eigenvalue weighted by Crippen LogP contribution is -2.30. The highest BCUT2D eigenvalue weighted by molar-refractivity contribution is 5.46. The lowest BCUT2D eigenvalue weighted by atomic mass is 10.0. The maximum atomic E-state index is 8.97. The number of likely N-dealkylation sites (tertiary alicyclic amines) is 1. The molecule has 2 atom stereocenters. The molecule has 2 aliphatic heterocycles. The fourth-order valence-electron chi connectivity index (χ4n) is 3.62. The van der Waals surface area contributed by atoms with Crippen molar-refractivity contribution in [3.63, 3.8) is 0 Å². The molecule has 3 fully saturated rings. The van der Waals surface area contributed by atoms with E-state index < -0.39 is 0 Å². The Morgan fingerprint density at radius 2 is 1.89 bits per heavy atom. The minimum absolute atomic E-state index is 0.710. The van der Waals surface area contributed by atoms with Crippen LogP contribution in [0.3, 0.4) is 0 Å². The molecular weight excluding hydrogens is 236 g/mol. The summed E-state index contributed by atoms with van der Waals surface area (Å²) in [5, 5.41) is 8.97. The second-order valence-corrected chi connectivity index (χ2v) is 6.12. The minimum Gasteiger partial charge on any atom is -0.356 e. The van der Waals surface area contributed by atoms with Gasteiger partial charge >= 0.3 is 0 Å². The van der Waals surface area contributed by atoms with Gasteiger partial charge in [0.15, 0.2) is 0 Å². The minimum atomic E-state index is 0.710. The smallest absolute Gasteiger partial charge is 0.129 e. The maximum Gasteiger partial charge on any atom is 0.129 e. The molecule has 2 unspecified atom stereocenters. The quantitative estimate of drug-likeness (QED) is 0.802. The average molecular weight is 254 g/mol. The number of pyridine rings is 1. The Morgan fingerprint density at radius 3 is 2.53 bits per heavy atom. The molecule has 1 saturated carbocycles. The van der Waals surface area contributed by atoms with Gasteiger partial charge in [-0.2, -0.15) is 5.26 Å². The fraction of sp³-hybridized carbons (Fsp3) is 0.600. The van der Waals surface area contributed by atoms with Crippen molar-refractivity contribution in [3.05, 3.63) is 23.9 Å². The maximum absolute atomic E-state index is 8.97. The molecule has 0 N–H and O–H groups in total. The van der Waals surface area contributed by atoms with Crippen LogP contribution in [0.4, 0.5) is 5.82 Å². The third-order valence-electron chi connectivity index (χ3n) is 4.78. The van der Waals surface area contributed by atoms with Crippen molar-refractivity contribution in [2.45, 2.75) is 18.9 Å². The van der Waals surface area contributed by atoms with E-state index in [2.05, 4.69) is 20.9 Å². The molecule has 3 aliphatic rings. The van der Waals surface area contributed by atoms with E-state index in [-0.39, 0.29) is 0 Å². The van der Waals surface area contributed by atoms with Gasteiger partial charge in [-0.25, -0.2) is 4.98 Å². The van der Waals surface area contributed by atoms with Gasteiger partial charge < -0.3 is 4.90 Å². The second-order valence-electron chi connectivity index (χ2n) is 6.12. The Bertz CT molecular complexity index is 517. The Morgan fingerprint density at radius 1 is 1.16 bits per heavy atom. The van der Waals surface area contributed by atoms with E-state index in [9.17, 15) is 0 Å². The molecule has 1 aromatic heterocycles. The van der Waals surface area contributed by atoms with Gasteiger partial charge in [-0.05, 0) is 36.8 Å². The molecule has 4 nitrogen and oxygen atoms in total. The number of rotatable bonds is 2. The average Bonchev–Trinajstić information content (AvgIpc) is 3.09. The van der Waals surface area contributed by atoms with E-state index in [1.54, 1.807) is 12.3 Å². The molecule has 0 spiro atoms. The number of hydrogen-bond acceptors (Lipinski definition) is 4. The van der Waals surface area contributed by atoms with Crippen molar-refractivity contribution in [3.8, 4) is 6.07 Å². The van der Waals surface area contributed by atoms with Gasteiger partial charge in [0.25, 0.3) is 0 Å². The summed E-state index contributed by atoms with van der Waals surface area (Å²) in [4.78, 5) is 9.47. The number of fused-ring (bicyclic) bond motifs is 1.